The standard InChI is InChI=1S/C24H19ClN2O/c25-21-11-9-19(10-12-21)23-16-17-27(26-23)22-13-6-18(7-14-22)8-15-24(28)20-4-2-1-3-5-20/h1-15H,16-17H2. The molecule has 4 heteroatoms. The largest absolute Gasteiger partial charge is 0.289 e. The number of hydrazone groups is 1. The van der Waals surface area contributed by atoms with Crippen molar-refractivity contribution in [3.05, 3.63) is 107 Å². The van der Waals surface area contributed by atoms with Gasteiger partial charge in [-0.1, -0.05) is 72.3 Å². The minimum atomic E-state index is 0.00132. The van der Waals surface area contributed by atoms with Gasteiger partial charge in [-0.15, -0.1) is 0 Å². The summed E-state index contributed by atoms with van der Waals surface area (Å²) in [6, 6.07) is 25.1. The first-order valence-electron chi connectivity index (χ1n) is 9.17. The Labute approximate surface area is 169 Å². The highest BCUT2D eigenvalue weighted by molar-refractivity contribution is 6.30. The van der Waals surface area contributed by atoms with E-state index in [-0.39, 0.29) is 5.78 Å². The van der Waals surface area contributed by atoms with E-state index in [1.54, 1.807) is 6.08 Å². The number of nitrogens with zero attached hydrogens (tertiary/aromatic N) is 2. The predicted octanol–water partition coefficient (Wildman–Crippen LogP) is 5.85. The maximum Gasteiger partial charge on any atom is 0.185 e. The molecule has 3 aromatic rings. The fraction of sp³-hybridized carbons (Fsp3) is 0.0833. The molecule has 1 aliphatic heterocycles. The highest BCUT2D eigenvalue weighted by Gasteiger charge is 2.17. The van der Waals surface area contributed by atoms with E-state index in [0.717, 1.165) is 40.5 Å². The van der Waals surface area contributed by atoms with E-state index >= 15 is 0 Å². The number of carbonyl (C=O) groups is 1. The highest BCUT2D eigenvalue weighted by Crippen LogP contribution is 2.23. The van der Waals surface area contributed by atoms with Crippen LogP contribution >= 0.6 is 11.6 Å². The summed E-state index contributed by atoms with van der Waals surface area (Å²) < 4.78 is 0. The molecule has 0 fully saturated rings. The number of hydrogen-bond donors (Lipinski definition) is 0. The molecule has 3 nitrogen and oxygen atoms in total. The van der Waals surface area contributed by atoms with Crippen molar-refractivity contribution >= 4 is 34.9 Å². The second-order valence-electron chi connectivity index (χ2n) is 6.58. The molecule has 0 radical (unpaired) electrons. The van der Waals surface area contributed by atoms with Crippen LogP contribution in [0.2, 0.25) is 5.02 Å². The molecular weight excluding hydrogens is 368 g/mol. The van der Waals surface area contributed by atoms with E-state index in [1.165, 1.54) is 0 Å². The van der Waals surface area contributed by atoms with Crippen molar-refractivity contribution in [1.29, 1.82) is 0 Å². The van der Waals surface area contributed by atoms with Crippen LogP contribution in [0.5, 0.6) is 0 Å². The highest BCUT2D eigenvalue weighted by atomic mass is 35.5. The lowest BCUT2D eigenvalue weighted by molar-refractivity contribution is 0.104. The third-order valence-electron chi connectivity index (χ3n) is 4.66. The van der Waals surface area contributed by atoms with Gasteiger partial charge in [-0.05, 0) is 41.5 Å². The van der Waals surface area contributed by atoms with Gasteiger partial charge in [0.15, 0.2) is 5.78 Å². The predicted molar refractivity (Wildman–Crippen MR) is 116 cm³/mol. The van der Waals surface area contributed by atoms with Crippen LogP contribution < -0.4 is 5.01 Å². The molecule has 4 rings (SSSR count). The molecule has 0 unspecified atom stereocenters. The van der Waals surface area contributed by atoms with E-state index in [2.05, 4.69) is 0 Å². The van der Waals surface area contributed by atoms with Crippen LogP contribution in [-0.4, -0.2) is 18.0 Å². The molecule has 0 bridgehead atoms. The van der Waals surface area contributed by atoms with Crippen molar-refractivity contribution in [2.75, 3.05) is 11.6 Å². The summed E-state index contributed by atoms with van der Waals surface area (Å²) in [4.78, 5) is 12.2. The van der Waals surface area contributed by atoms with Crippen LogP contribution in [-0.2, 0) is 0 Å². The van der Waals surface area contributed by atoms with Gasteiger partial charge < -0.3 is 0 Å². The van der Waals surface area contributed by atoms with E-state index in [4.69, 9.17) is 16.7 Å². The number of benzene rings is 3. The molecule has 0 amide bonds. The Balaban J connectivity index is 1.44. The molecule has 0 spiro atoms. The number of rotatable bonds is 5. The Bertz CT molecular complexity index is 1020. The third kappa shape index (κ3) is 4.21. The van der Waals surface area contributed by atoms with Crippen LogP contribution in [0.4, 0.5) is 5.69 Å². The number of carbonyl (C=O) groups excluding carboxylic acids is 1. The van der Waals surface area contributed by atoms with Gasteiger partial charge >= 0.3 is 0 Å². The Kier molecular flexibility index (Phi) is 5.36. The Morgan fingerprint density at radius 3 is 2.36 bits per heavy atom. The zero-order valence-electron chi connectivity index (χ0n) is 15.3. The summed E-state index contributed by atoms with van der Waals surface area (Å²) in [5.74, 6) is 0.00132. The van der Waals surface area contributed by atoms with E-state index in [1.807, 2.05) is 89.9 Å². The SMILES string of the molecule is O=C(C=Cc1ccc(N2CCC(c3ccc(Cl)cc3)=N2)cc1)c1ccccc1. The Morgan fingerprint density at radius 1 is 0.929 bits per heavy atom. The van der Waals surface area contributed by atoms with Gasteiger partial charge in [0.2, 0.25) is 0 Å². The van der Waals surface area contributed by atoms with Crippen LogP contribution in [0.25, 0.3) is 6.08 Å². The van der Waals surface area contributed by atoms with E-state index in [0.29, 0.717) is 5.56 Å². The number of halogens is 1. The fourth-order valence-corrected chi connectivity index (χ4v) is 3.24. The van der Waals surface area contributed by atoms with Crippen LogP contribution in [0, 0.1) is 0 Å². The maximum absolute atomic E-state index is 12.2. The van der Waals surface area contributed by atoms with Crippen molar-refractivity contribution < 1.29 is 4.79 Å². The van der Waals surface area contributed by atoms with Gasteiger partial charge in [0, 0.05) is 23.6 Å². The number of hydrogen-bond acceptors (Lipinski definition) is 3. The molecule has 28 heavy (non-hydrogen) atoms. The van der Waals surface area contributed by atoms with Gasteiger partial charge in [-0.3, -0.25) is 9.80 Å². The average Bonchev–Trinajstić information content (AvgIpc) is 3.24. The summed E-state index contributed by atoms with van der Waals surface area (Å²) in [6.45, 7) is 0.847. The van der Waals surface area contributed by atoms with Crippen molar-refractivity contribution in [2.45, 2.75) is 6.42 Å². The molecule has 3 aromatic carbocycles. The quantitative estimate of drug-likeness (QED) is 0.407. The lowest BCUT2D eigenvalue weighted by Crippen LogP contribution is -2.11. The summed E-state index contributed by atoms with van der Waals surface area (Å²) in [7, 11) is 0. The van der Waals surface area contributed by atoms with Crippen LogP contribution in [0.15, 0.2) is 90.0 Å². The van der Waals surface area contributed by atoms with E-state index in [9.17, 15) is 4.79 Å². The minimum absolute atomic E-state index is 0.00132. The minimum Gasteiger partial charge on any atom is -0.289 e. The van der Waals surface area contributed by atoms with E-state index < -0.39 is 0 Å². The molecule has 1 aliphatic rings. The van der Waals surface area contributed by atoms with Crippen molar-refractivity contribution in [3.8, 4) is 0 Å². The molecule has 138 valence electrons. The third-order valence-corrected chi connectivity index (χ3v) is 4.91. The van der Waals surface area contributed by atoms with Gasteiger partial charge in [0.05, 0.1) is 11.4 Å². The topological polar surface area (TPSA) is 32.7 Å². The van der Waals surface area contributed by atoms with Crippen molar-refractivity contribution in [2.24, 2.45) is 5.10 Å². The first-order chi connectivity index (χ1) is 13.7. The molecule has 0 saturated heterocycles. The van der Waals surface area contributed by atoms with Crippen molar-refractivity contribution in [1.82, 2.24) is 0 Å². The molecular formula is C24H19ClN2O. The summed E-state index contributed by atoms with van der Waals surface area (Å²) >= 11 is 5.96. The molecule has 0 saturated carbocycles. The normalized spacial score (nSPS) is 13.8. The monoisotopic (exact) mass is 386 g/mol. The summed E-state index contributed by atoms with van der Waals surface area (Å²) in [5.41, 5.74) is 4.88. The van der Waals surface area contributed by atoms with Crippen LogP contribution in [0.1, 0.15) is 27.9 Å². The Hall–Kier alpha value is -3.17. The zero-order valence-corrected chi connectivity index (χ0v) is 16.0. The zero-order chi connectivity index (χ0) is 19.3. The molecule has 0 aliphatic carbocycles. The lowest BCUT2D eigenvalue weighted by atomic mass is 10.1. The van der Waals surface area contributed by atoms with Crippen LogP contribution in [0.3, 0.4) is 0 Å². The molecule has 0 aromatic heterocycles. The molecule has 0 N–H and O–H groups in total. The summed E-state index contributed by atoms with van der Waals surface area (Å²) in [5, 5.41) is 7.47. The second-order valence-corrected chi connectivity index (χ2v) is 7.02. The van der Waals surface area contributed by atoms with Gasteiger partial charge in [-0.25, -0.2) is 0 Å². The van der Waals surface area contributed by atoms with Gasteiger partial charge in [0.25, 0.3) is 0 Å². The summed E-state index contributed by atoms with van der Waals surface area (Å²) in [6.07, 6.45) is 4.34. The second kappa shape index (κ2) is 8.24. The van der Waals surface area contributed by atoms with Gasteiger partial charge in [-0.2, -0.15) is 5.10 Å². The number of anilines is 1. The number of allylic oxidation sites excluding steroid dienone is 1. The smallest absolute Gasteiger partial charge is 0.185 e. The van der Waals surface area contributed by atoms with Gasteiger partial charge in [0.1, 0.15) is 0 Å². The maximum atomic E-state index is 12.2. The molecule has 1 heterocycles. The fourth-order valence-electron chi connectivity index (χ4n) is 3.12. The average molecular weight is 387 g/mol. The number of ketones is 1. The molecule has 0 atom stereocenters. The Morgan fingerprint density at radius 2 is 1.64 bits per heavy atom. The lowest BCUT2D eigenvalue weighted by Gasteiger charge is -2.13. The van der Waals surface area contributed by atoms with Crippen molar-refractivity contribution in [3.63, 3.8) is 0 Å². The first-order valence-corrected chi connectivity index (χ1v) is 9.55. The first kappa shape index (κ1) is 18.2.